The van der Waals surface area contributed by atoms with Gasteiger partial charge in [0, 0.05) is 6.42 Å². The van der Waals surface area contributed by atoms with E-state index >= 15 is 0 Å². The number of esters is 1. The summed E-state index contributed by atoms with van der Waals surface area (Å²) in [6.07, 6.45) is 61.0. The lowest BCUT2D eigenvalue weighted by molar-refractivity contribution is -0.151. The Morgan fingerprint density at radius 3 is 1.39 bits per heavy atom. The van der Waals surface area contributed by atoms with E-state index in [2.05, 4.69) is 62.5 Å². The van der Waals surface area contributed by atoms with Crippen molar-refractivity contribution < 1.29 is 24.5 Å². The molecule has 0 aromatic carbocycles. The Kier molecular flexibility index (Phi) is 46.2. The average molecular weight is 852 g/mol. The third kappa shape index (κ3) is 43.7. The third-order valence-corrected chi connectivity index (χ3v) is 11.4. The van der Waals surface area contributed by atoms with Gasteiger partial charge in [-0.15, -0.1) is 0 Å². The molecule has 0 aromatic rings. The molecule has 0 aromatic heterocycles. The van der Waals surface area contributed by atoms with Crippen LogP contribution in [0, 0.1) is 0 Å². The largest absolute Gasteiger partial charge is 0.462 e. The number of hydrogen-bond acceptors (Lipinski definition) is 5. The molecule has 3 atom stereocenters. The average Bonchev–Trinajstić information content (AvgIpc) is 3.25. The maximum absolute atomic E-state index is 13.2. The van der Waals surface area contributed by atoms with Crippen LogP contribution in [0.5, 0.6) is 0 Å². The SMILES string of the molecule is CCC/C=C/C=C/C=C/C=C/C=C/CCCCCC(CC(=O)NC(CO)C(O)CCCCCCCCCCCC)OC(=O)CCCCCCC/C=C/CCCCCCCCC. The summed E-state index contributed by atoms with van der Waals surface area (Å²) in [6, 6.07) is -0.719. The summed E-state index contributed by atoms with van der Waals surface area (Å²) in [5.41, 5.74) is 0. The Morgan fingerprint density at radius 1 is 0.475 bits per heavy atom. The molecule has 0 rings (SSSR count). The van der Waals surface area contributed by atoms with Gasteiger partial charge in [0.15, 0.2) is 0 Å². The van der Waals surface area contributed by atoms with Gasteiger partial charge in [-0.2, -0.15) is 0 Å². The van der Waals surface area contributed by atoms with E-state index in [4.69, 9.17) is 4.74 Å². The molecule has 61 heavy (non-hydrogen) atoms. The molecule has 0 aliphatic carbocycles. The fourth-order valence-electron chi connectivity index (χ4n) is 7.45. The lowest BCUT2D eigenvalue weighted by Gasteiger charge is -2.24. The van der Waals surface area contributed by atoms with Crippen LogP contribution in [0.2, 0.25) is 0 Å². The van der Waals surface area contributed by atoms with Crippen molar-refractivity contribution in [1.29, 1.82) is 0 Å². The van der Waals surface area contributed by atoms with Gasteiger partial charge in [0.25, 0.3) is 0 Å². The molecule has 0 heterocycles. The number of hydrogen-bond donors (Lipinski definition) is 3. The predicted molar refractivity (Wildman–Crippen MR) is 264 cm³/mol. The van der Waals surface area contributed by atoms with Crippen molar-refractivity contribution >= 4 is 11.9 Å². The number of nitrogens with one attached hydrogen (secondary N) is 1. The number of aliphatic hydroxyl groups excluding tert-OH is 2. The fraction of sp³-hybridized carbons (Fsp3) is 0.745. The number of amides is 1. The molecular weight excluding hydrogens is 755 g/mol. The van der Waals surface area contributed by atoms with Crippen molar-refractivity contribution in [1.82, 2.24) is 5.32 Å². The first kappa shape index (κ1) is 58.3. The Hall–Kier alpha value is -2.70. The fourth-order valence-corrected chi connectivity index (χ4v) is 7.45. The van der Waals surface area contributed by atoms with Crippen LogP contribution < -0.4 is 5.32 Å². The topological polar surface area (TPSA) is 95.9 Å². The highest BCUT2D eigenvalue weighted by Gasteiger charge is 2.24. The smallest absolute Gasteiger partial charge is 0.306 e. The van der Waals surface area contributed by atoms with Gasteiger partial charge in [-0.1, -0.05) is 229 Å². The number of allylic oxidation sites excluding steroid dienone is 12. The van der Waals surface area contributed by atoms with E-state index in [1.807, 2.05) is 36.5 Å². The molecule has 6 nitrogen and oxygen atoms in total. The summed E-state index contributed by atoms with van der Waals surface area (Å²) in [5.74, 6) is -0.527. The van der Waals surface area contributed by atoms with Crippen molar-refractivity contribution in [2.24, 2.45) is 0 Å². The van der Waals surface area contributed by atoms with Gasteiger partial charge in [-0.3, -0.25) is 9.59 Å². The summed E-state index contributed by atoms with van der Waals surface area (Å²) in [7, 11) is 0. The van der Waals surface area contributed by atoms with Crippen LogP contribution >= 0.6 is 0 Å². The molecule has 0 bridgehead atoms. The Morgan fingerprint density at radius 2 is 0.885 bits per heavy atom. The zero-order chi connectivity index (χ0) is 44.5. The van der Waals surface area contributed by atoms with Gasteiger partial charge < -0.3 is 20.3 Å². The lowest BCUT2D eigenvalue weighted by atomic mass is 10.0. The highest BCUT2D eigenvalue weighted by molar-refractivity contribution is 5.77. The van der Waals surface area contributed by atoms with Crippen molar-refractivity contribution in [2.45, 2.75) is 257 Å². The van der Waals surface area contributed by atoms with Crippen LogP contribution in [0.1, 0.15) is 239 Å². The summed E-state index contributed by atoms with van der Waals surface area (Å²) >= 11 is 0. The van der Waals surface area contributed by atoms with Gasteiger partial charge in [0.1, 0.15) is 6.10 Å². The van der Waals surface area contributed by atoms with E-state index in [0.717, 1.165) is 77.0 Å². The van der Waals surface area contributed by atoms with E-state index in [-0.39, 0.29) is 24.9 Å². The highest BCUT2D eigenvalue weighted by Crippen LogP contribution is 2.17. The van der Waals surface area contributed by atoms with Gasteiger partial charge in [-0.05, 0) is 70.6 Å². The highest BCUT2D eigenvalue weighted by atomic mass is 16.5. The normalized spacial score (nSPS) is 13.9. The third-order valence-electron chi connectivity index (χ3n) is 11.4. The number of aliphatic hydroxyl groups is 2. The van der Waals surface area contributed by atoms with Crippen LogP contribution in [0.4, 0.5) is 0 Å². The molecule has 352 valence electrons. The van der Waals surface area contributed by atoms with E-state index in [0.29, 0.717) is 19.3 Å². The summed E-state index contributed by atoms with van der Waals surface area (Å²) in [5, 5.41) is 23.7. The van der Waals surface area contributed by atoms with Crippen LogP contribution in [0.15, 0.2) is 72.9 Å². The first-order chi connectivity index (χ1) is 30.0. The predicted octanol–water partition coefficient (Wildman–Crippen LogP) is 15.4. The van der Waals surface area contributed by atoms with E-state index in [1.54, 1.807) is 0 Å². The van der Waals surface area contributed by atoms with Gasteiger partial charge in [-0.25, -0.2) is 0 Å². The molecule has 3 unspecified atom stereocenters. The maximum Gasteiger partial charge on any atom is 0.306 e. The number of rotatable bonds is 45. The van der Waals surface area contributed by atoms with Crippen molar-refractivity contribution in [2.75, 3.05) is 6.61 Å². The minimum absolute atomic E-state index is 0.0438. The number of carbonyl (C=O) groups excluding carboxylic acids is 2. The Bertz CT molecular complexity index is 1140. The zero-order valence-corrected chi connectivity index (χ0v) is 40.0. The molecule has 0 spiro atoms. The van der Waals surface area contributed by atoms with Crippen LogP contribution in [0.3, 0.4) is 0 Å². The molecule has 0 aliphatic rings. The lowest BCUT2D eigenvalue weighted by Crippen LogP contribution is -2.46. The number of ether oxygens (including phenoxy) is 1. The first-order valence-corrected chi connectivity index (χ1v) is 25.7. The minimum atomic E-state index is -0.802. The molecule has 0 fully saturated rings. The molecular formula is C55H97NO5. The maximum atomic E-state index is 13.2. The molecule has 0 radical (unpaired) electrons. The minimum Gasteiger partial charge on any atom is -0.462 e. The second-order valence-electron chi connectivity index (χ2n) is 17.3. The molecule has 0 saturated carbocycles. The Balaban J connectivity index is 4.70. The van der Waals surface area contributed by atoms with Gasteiger partial charge >= 0.3 is 5.97 Å². The summed E-state index contributed by atoms with van der Waals surface area (Å²) in [4.78, 5) is 26.1. The summed E-state index contributed by atoms with van der Waals surface area (Å²) in [6.45, 7) is 6.36. The number of carbonyl (C=O) groups is 2. The van der Waals surface area contributed by atoms with Crippen molar-refractivity contribution in [3.05, 3.63) is 72.9 Å². The van der Waals surface area contributed by atoms with E-state index in [9.17, 15) is 19.8 Å². The van der Waals surface area contributed by atoms with Crippen LogP contribution in [-0.4, -0.2) is 46.9 Å². The van der Waals surface area contributed by atoms with Crippen LogP contribution in [-0.2, 0) is 14.3 Å². The molecule has 0 saturated heterocycles. The summed E-state index contributed by atoms with van der Waals surface area (Å²) < 4.78 is 5.91. The second-order valence-corrected chi connectivity index (χ2v) is 17.3. The van der Waals surface area contributed by atoms with E-state index < -0.39 is 18.2 Å². The first-order valence-electron chi connectivity index (χ1n) is 25.7. The molecule has 1 amide bonds. The quantitative estimate of drug-likeness (QED) is 0.0245. The number of unbranched alkanes of at least 4 members (excludes halogenated alkanes) is 25. The molecule has 3 N–H and O–H groups in total. The van der Waals surface area contributed by atoms with Crippen molar-refractivity contribution in [3.8, 4) is 0 Å². The second kappa shape index (κ2) is 48.3. The van der Waals surface area contributed by atoms with Crippen molar-refractivity contribution in [3.63, 3.8) is 0 Å². The standard InChI is InChI=1S/C55H97NO5/c1-4-7-10-13-16-19-22-24-26-28-30-32-34-37-40-43-46-51(49-54(59)56-52(50-57)53(58)47-44-41-38-35-21-18-15-12-9-6-3)61-55(60)48-45-42-39-36-33-31-29-27-25-23-20-17-14-11-8-5-2/h10,13,16,19,22,24,26-30,32,51-53,57-58H,4-9,11-12,14-15,17-18,20-21,23,25,31,33-50H2,1-3H3,(H,56,59)/b13-10+,19-16+,24-22+,28-26+,29-27+,32-30+. The molecule has 6 heteroatoms. The van der Waals surface area contributed by atoms with E-state index in [1.165, 1.54) is 116 Å². The zero-order valence-electron chi connectivity index (χ0n) is 40.0. The van der Waals surface area contributed by atoms with Gasteiger partial charge in [0.2, 0.25) is 5.91 Å². The monoisotopic (exact) mass is 852 g/mol. The van der Waals surface area contributed by atoms with Gasteiger partial charge in [0.05, 0.1) is 25.2 Å². The molecule has 0 aliphatic heterocycles. The Labute approximate surface area is 377 Å². The van der Waals surface area contributed by atoms with Crippen LogP contribution in [0.25, 0.3) is 0 Å².